The summed E-state index contributed by atoms with van der Waals surface area (Å²) in [6, 6.07) is -2.54. The predicted octanol–water partition coefficient (Wildman–Crippen LogP) is -4.31. The van der Waals surface area contributed by atoms with Crippen LogP contribution in [0.15, 0.2) is 11.1 Å². The smallest absolute Gasteiger partial charge is 0.724 e. The van der Waals surface area contributed by atoms with Gasteiger partial charge < -0.3 is 15.2 Å². The first-order chi connectivity index (χ1) is 8.63. The minimum absolute atomic E-state index is 0. The standard InChI is InChI=1S/C9H13N3O6S.Na/c1-4-5(2)7(8(10)13)11-3-6(4)12(9(11)14)18-19(15,16)17;/h6-7H,3H2,1-2H3,(H2,10,13)(H,15,16,17);/q;+1/p-1/t6-,7-;/m0./s1. The molecule has 2 bridgehead atoms. The number of urea groups is 1. The van der Waals surface area contributed by atoms with Crippen LogP contribution in [0.25, 0.3) is 0 Å². The normalized spacial score (nSPS) is 25.9. The van der Waals surface area contributed by atoms with Gasteiger partial charge in [-0.15, -0.1) is 0 Å². The van der Waals surface area contributed by atoms with Gasteiger partial charge in [0, 0.05) is 0 Å². The molecule has 3 amide bonds. The SMILES string of the molecule is CC1=C(C)[C@@H]2CN(C(=O)N2OS(=O)(=O)[O-])[C@@H]1C(N)=O.[Na+]. The number of hydrogen-bond donors (Lipinski definition) is 1. The summed E-state index contributed by atoms with van der Waals surface area (Å²) in [6.45, 7) is 3.29. The van der Waals surface area contributed by atoms with E-state index in [-0.39, 0.29) is 36.1 Å². The number of amides is 3. The molecule has 9 nitrogen and oxygen atoms in total. The van der Waals surface area contributed by atoms with Gasteiger partial charge in [-0.2, -0.15) is 9.35 Å². The second kappa shape index (κ2) is 5.62. The number of primary amides is 1. The van der Waals surface area contributed by atoms with E-state index in [1.54, 1.807) is 13.8 Å². The van der Waals surface area contributed by atoms with Crippen LogP contribution >= 0.6 is 0 Å². The Morgan fingerprint density at radius 2 is 1.95 bits per heavy atom. The molecule has 0 aromatic rings. The molecule has 0 aromatic carbocycles. The van der Waals surface area contributed by atoms with Crippen molar-refractivity contribution in [2.45, 2.75) is 25.9 Å². The summed E-state index contributed by atoms with van der Waals surface area (Å²) in [4.78, 5) is 24.4. The number of rotatable bonds is 3. The maximum atomic E-state index is 12.0. The van der Waals surface area contributed by atoms with E-state index in [9.17, 15) is 22.6 Å². The first-order valence-electron chi connectivity index (χ1n) is 5.35. The fourth-order valence-electron chi connectivity index (χ4n) is 2.39. The average Bonchev–Trinajstić information content (AvgIpc) is 2.51. The van der Waals surface area contributed by atoms with Crippen molar-refractivity contribution in [2.75, 3.05) is 6.54 Å². The Morgan fingerprint density at radius 3 is 2.40 bits per heavy atom. The van der Waals surface area contributed by atoms with Crippen molar-refractivity contribution in [1.82, 2.24) is 9.96 Å². The molecule has 2 aliphatic rings. The fraction of sp³-hybridized carbons (Fsp3) is 0.556. The Balaban J connectivity index is 0.00000200. The first kappa shape index (κ1) is 17.4. The maximum Gasteiger partial charge on any atom is 1.00 e. The molecule has 0 aliphatic carbocycles. The molecule has 11 heteroatoms. The first-order valence-corrected chi connectivity index (χ1v) is 6.68. The zero-order valence-corrected chi connectivity index (χ0v) is 14.0. The largest absolute Gasteiger partial charge is 1.00 e. The second-order valence-electron chi connectivity index (χ2n) is 4.43. The molecule has 2 rings (SSSR count). The number of carbonyl (C=O) groups is 2. The van der Waals surface area contributed by atoms with Crippen molar-refractivity contribution < 1.29 is 56.4 Å². The molecule has 2 heterocycles. The van der Waals surface area contributed by atoms with Crippen LogP contribution in [-0.4, -0.2) is 53.5 Å². The number of hydrogen-bond acceptors (Lipinski definition) is 6. The Morgan fingerprint density at radius 1 is 1.40 bits per heavy atom. The number of fused-ring (bicyclic) bond motifs is 2. The Bertz CT molecular complexity index is 588. The number of carbonyl (C=O) groups excluding carboxylic acids is 2. The van der Waals surface area contributed by atoms with Crippen LogP contribution in [-0.2, 0) is 19.5 Å². The van der Waals surface area contributed by atoms with Gasteiger partial charge in [0.25, 0.3) is 0 Å². The van der Waals surface area contributed by atoms with E-state index in [2.05, 4.69) is 4.28 Å². The minimum Gasteiger partial charge on any atom is -0.724 e. The van der Waals surface area contributed by atoms with E-state index in [0.717, 1.165) is 4.90 Å². The summed E-state index contributed by atoms with van der Waals surface area (Å²) in [5.74, 6) is -0.726. The van der Waals surface area contributed by atoms with E-state index in [0.29, 0.717) is 16.2 Å². The molecule has 0 spiro atoms. The topological polar surface area (TPSA) is 133 Å². The van der Waals surface area contributed by atoms with Crippen molar-refractivity contribution in [3.8, 4) is 0 Å². The fourth-order valence-corrected chi connectivity index (χ4v) is 2.75. The van der Waals surface area contributed by atoms with Crippen molar-refractivity contribution in [2.24, 2.45) is 5.73 Å². The Hall–Kier alpha value is -0.650. The third kappa shape index (κ3) is 2.85. The molecule has 1 saturated heterocycles. The van der Waals surface area contributed by atoms with E-state index in [1.807, 2.05) is 0 Å². The quantitative estimate of drug-likeness (QED) is 0.242. The van der Waals surface area contributed by atoms with Crippen LogP contribution in [0.1, 0.15) is 13.8 Å². The average molecular weight is 313 g/mol. The Labute approximate surface area is 137 Å². The molecular formula is C9H12N3NaO6S. The summed E-state index contributed by atoms with van der Waals surface area (Å²) in [5.41, 5.74) is 6.36. The second-order valence-corrected chi connectivity index (χ2v) is 5.40. The van der Waals surface area contributed by atoms with Gasteiger partial charge >= 0.3 is 35.6 Å². The molecule has 2 aliphatic heterocycles. The van der Waals surface area contributed by atoms with Crippen LogP contribution in [0.3, 0.4) is 0 Å². The third-order valence-electron chi connectivity index (χ3n) is 3.37. The predicted molar refractivity (Wildman–Crippen MR) is 59.9 cm³/mol. The molecule has 0 unspecified atom stereocenters. The third-order valence-corrected chi connectivity index (χ3v) is 3.71. The molecule has 106 valence electrons. The maximum absolute atomic E-state index is 12.0. The van der Waals surface area contributed by atoms with Crippen molar-refractivity contribution in [1.29, 1.82) is 0 Å². The van der Waals surface area contributed by atoms with Gasteiger partial charge in [0.05, 0.1) is 6.54 Å². The van der Waals surface area contributed by atoms with E-state index in [4.69, 9.17) is 5.73 Å². The monoisotopic (exact) mass is 313 g/mol. The zero-order chi connectivity index (χ0) is 14.5. The number of hydroxylamine groups is 2. The van der Waals surface area contributed by atoms with Gasteiger partial charge in [0.15, 0.2) is 0 Å². The van der Waals surface area contributed by atoms with Crippen LogP contribution < -0.4 is 35.3 Å². The summed E-state index contributed by atoms with van der Waals surface area (Å²) >= 11 is 0. The minimum atomic E-state index is -5.07. The molecule has 1 fully saturated rings. The molecule has 2 atom stereocenters. The van der Waals surface area contributed by atoms with Gasteiger partial charge in [-0.25, -0.2) is 13.2 Å². The van der Waals surface area contributed by atoms with Gasteiger partial charge in [-0.05, 0) is 25.0 Å². The molecule has 2 N–H and O–H groups in total. The zero-order valence-electron chi connectivity index (χ0n) is 11.2. The molecule has 0 aromatic heterocycles. The van der Waals surface area contributed by atoms with Crippen molar-refractivity contribution >= 4 is 22.3 Å². The molecule has 0 radical (unpaired) electrons. The Kier molecular flexibility index (Phi) is 4.89. The van der Waals surface area contributed by atoms with Crippen LogP contribution in [0.2, 0.25) is 0 Å². The van der Waals surface area contributed by atoms with Gasteiger partial charge in [0.1, 0.15) is 12.1 Å². The van der Waals surface area contributed by atoms with Crippen LogP contribution in [0, 0.1) is 0 Å². The summed E-state index contributed by atoms with van der Waals surface area (Å²) in [7, 11) is -5.07. The molecular weight excluding hydrogens is 301 g/mol. The summed E-state index contributed by atoms with van der Waals surface area (Å²) < 4.78 is 36.0. The molecule has 0 saturated carbocycles. The van der Waals surface area contributed by atoms with E-state index < -0.39 is 34.4 Å². The van der Waals surface area contributed by atoms with Gasteiger partial charge in [-0.3, -0.25) is 4.79 Å². The summed E-state index contributed by atoms with van der Waals surface area (Å²) in [6.07, 6.45) is 0. The number of nitrogens with two attached hydrogens (primary N) is 1. The van der Waals surface area contributed by atoms with Crippen LogP contribution in [0.4, 0.5) is 4.79 Å². The van der Waals surface area contributed by atoms with Crippen molar-refractivity contribution in [3.63, 3.8) is 0 Å². The van der Waals surface area contributed by atoms with Gasteiger partial charge in [0.2, 0.25) is 16.3 Å². The number of nitrogens with zero attached hydrogens (tertiary/aromatic N) is 2. The van der Waals surface area contributed by atoms with Gasteiger partial charge in [-0.1, -0.05) is 0 Å². The van der Waals surface area contributed by atoms with E-state index >= 15 is 0 Å². The van der Waals surface area contributed by atoms with Crippen molar-refractivity contribution in [3.05, 3.63) is 11.1 Å². The molecule has 20 heavy (non-hydrogen) atoms. The van der Waals surface area contributed by atoms with E-state index in [1.165, 1.54) is 0 Å². The summed E-state index contributed by atoms with van der Waals surface area (Å²) in [5, 5.41) is 0.476. The van der Waals surface area contributed by atoms with Crippen LogP contribution in [0.5, 0.6) is 0 Å².